The zero-order valence-corrected chi connectivity index (χ0v) is 18.6. The molecule has 11 heteroatoms. The first-order chi connectivity index (χ1) is 14.8. The molecule has 31 heavy (non-hydrogen) atoms. The second-order valence-electron chi connectivity index (χ2n) is 6.55. The largest absolute Gasteiger partial charge is 0.352 e. The van der Waals surface area contributed by atoms with Gasteiger partial charge in [0.15, 0.2) is 9.84 Å². The van der Waals surface area contributed by atoms with Crippen molar-refractivity contribution in [2.24, 2.45) is 0 Å². The summed E-state index contributed by atoms with van der Waals surface area (Å²) in [6, 6.07) is 15.4. The highest BCUT2D eigenvalue weighted by Crippen LogP contribution is 2.17. The van der Waals surface area contributed by atoms with Gasteiger partial charge in [0.05, 0.1) is 16.3 Å². The van der Waals surface area contributed by atoms with Crippen molar-refractivity contribution >= 4 is 49.7 Å². The van der Waals surface area contributed by atoms with Gasteiger partial charge in [-0.15, -0.1) is 10.2 Å². The Bertz CT molecular complexity index is 1170. The summed E-state index contributed by atoms with van der Waals surface area (Å²) < 4.78 is 24.4. The van der Waals surface area contributed by atoms with Gasteiger partial charge in [0.2, 0.25) is 11.0 Å². The molecule has 0 radical (unpaired) electrons. The first-order valence-corrected chi connectivity index (χ1v) is 12.2. The molecule has 0 saturated carbocycles. The lowest BCUT2D eigenvalue weighted by molar-refractivity contribution is -0.113. The van der Waals surface area contributed by atoms with E-state index >= 15 is 0 Å². The fraction of sp³-hybridized carbons (Fsp3) is 0.200. The van der Waals surface area contributed by atoms with Crippen molar-refractivity contribution in [3.63, 3.8) is 0 Å². The molecule has 8 nitrogen and oxygen atoms in total. The van der Waals surface area contributed by atoms with Crippen LogP contribution in [-0.4, -0.2) is 42.7 Å². The van der Waals surface area contributed by atoms with Gasteiger partial charge in [0.25, 0.3) is 5.91 Å². The minimum atomic E-state index is -3.61. The molecule has 0 unspecified atom stereocenters. The van der Waals surface area contributed by atoms with Gasteiger partial charge in [-0.25, -0.2) is 8.42 Å². The number of anilines is 1. The molecule has 3 rings (SSSR count). The first-order valence-electron chi connectivity index (χ1n) is 9.22. The molecule has 1 heterocycles. The SMILES string of the molecule is O=C(CS(=O)(=O)Cc1ccccc1)Nc1nnc(CCNC(=O)c2ccccc2Cl)s1. The average Bonchev–Trinajstić information content (AvgIpc) is 3.15. The minimum absolute atomic E-state index is 0.201. The van der Waals surface area contributed by atoms with E-state index in [1.807, 2.05) is 0 Å². The van der Waals surface area contributed by atoms with Gasteiger partial charge in [-0.2, -0.15) is 0 Å². The third-order valence-corrected chi connectivity index (χ3v) is 6.74. The number of hydrogen-bond acceptors (Lipinski definition) is 7. The normalized spacial score (nSPS) is 11.1. The van der Waals surface area contributed by atoms with E-state index in [4.69, 9.17) is 11.6 Å². The second kappa shape index (κ2) is 10.5. The predicted octanol–water partition coefficient (Wildman–Crippen LogP) is 2.72. The molecule has 3 aromatic rings. The predicted molar refractivity (Wildman–Crippen MR) is 120 cm³/mol. The van der Waals surface area contributed by atoms with Crippen LogP contribution in [0.2, 0.25) is 5.02 Å². The maximum atomic E-state index is 12.2. The molecule has 1 aromatic heterocycles. The Hall–Kier alpha value is -2.82. The molecular weight excluding hydrogens is 460 g/mol. The number of nitrogens with one attached hydrogen (secondary N) is 2. The van der Waals surface area contributed by atoms with E-state index in [0.717, 1.165) is 11.3 Å². The van der Waals surface area contributed by atoms with Crippen LogP contribution >= 0.6 is 22.9 Å². The third-order valence-electron chi connectivity index (χ3n) is 4.04. The Morgan fingerprint density at radius 3 is 2.45 bits per heavy atom. The van der Waals surface area contributed by atoms with Gasteiger partial charge >= 0.3 is 0 Å². The van der Waals surface area contributed by atoms with Crippen LogP contribution < -0.4 is 10.6 Å². The Morgan fingerprint density at radius 1 is 1.00 bits per heavy atom. The molecule has 0 aliphatic heterocycles. The number of halogens is 1. The van der Waals surface area contributed by atoms with E-state index in [1.165, 1.54) is 0 Å². The minimum Gasteiger partial charge on any atom is -0.352 e. The van der Waals surface area contributed by atoms with Crippen LogP contribution in [0.5, 0.6) is 0 Å². The molecule has 0 atom stereocenters. The molecule has 0 spiro atoms. The highest BCUT2D eigenvalue weighted by Gasteiger charge is 2.19. The summed E-state index contributed by atoms with van der Waals surface area (Å²) in [7, 11) is -3.61. The second-order valence-corrected chi connectivity index (χ2v) is 10.1. The Balaban J connectivity index is 1.46. The molecule has 0 fully saturated rings. The number of rotatable bonds is 9. The third kappa shape index (κ3) is 7.12. The van der Waals surface area contributed by atoms with Crippen molar-refractivity contribution in [2.75, 3.05) is 17.6 Å². The van der Waals surface area contributed by atoms with Crippen LogP contribution in [0.3, 0.4) is 0 Å². The summed E-state index contributed by atoms with van der Waals surface area (Å²) in [6.45, 7) is 0.304. The molecule has 0 aliphatic rings. The van der Waals surface area contributed by atoms with Crippen molar-refractivity contribution in [1.29, 1.82) is 0 Å². The first kappa shape index (κ1) is 22.9. The summed E-state index contributed by atoms with van der Waals surface area (Å²) in [5.74, 6) is -1.84. The fourth-order valence-corrected chi connectivity index (χ4v) is 4.91. The van der Waals surface area contributed by atoms with Gasteiger partial charge < -0.3 is 5.32 Å². The van der Waals surface area contributed by atoms with E-state index in [0.29, 0.717) is 34.1 Å². The quantitative estimate of drug-likeness (QED) is 0.488. The van der Waals surface area contributed by atoms with Crippen molar-refractivity contribution in [1.82, 2.24) is 15.5 Å². The summed E-state index contributed by atoms with van der Waals surface area (Å²) in [5, 5.41) is 14.1. The highest BCUT2D eigenvalue weighted by atomic mass is 35.5. The van der Waals surface area contributed by atoms with Crippen molar-refractivity contribution < 1.29 is 18.0 Å². The zero-order valence-electron chi connectivity index (χ0n) is 16.2. The number of benzene rings is 2. The topological polar surface area (TPSA) is 118 Å². The van der Waals surface area contributed by atoms with Crippen LogP contribution in [0.15, 0.2) is 54.6 Å². The van der Waals surface area contributed by atoms with E-state index in [-0.39, 0.29) is 16.8 Å². The Kier molecular flexibility index (Phi) is 7.72. The van der Waals surface area contributed by atoms with E-state index in [9.17, 15) is 18.0 Å². The Morgan fingerprint density at radius 2 is 1.71 bits per heavy atom. The average molecular weight is 479 g/mol. The number of carbonyl (C=O) groups is 2. The van der Waals surface area contributed by atoms with Crippen LogP contribution in [0, 0.1) is 0 Å². The van der Waals surface area contributed by atoms with Gasteiger partial charge in [-0.3, -0.25) is 14.9 Å². The lowest BCUT2D eigenvalue weighted by Crippen LogP contribution is -2.25. The van der Waals surface area contributed by atoms with Crippen molar-refractivity contribution in [3.8, 4) is 0 Å². The standard InChI is InChI=1S/C20H19ClN4O4S2/c21-16-9-5-4-8-15(16)19(27)22-11-10-18-24-25-20(30-18)23-17(26)13-31(28,29)12-14-6-2-1-3-7-14/h1-9H,10-13H2,(H,22,27)(H,23,25,26). The molecule has 0 aliphatic carbocycles. The summed E-state index contributed by atoms with van der Waals surface area (Å²) in [4.78, 5) is 24.2. The van der Waals surface area contributed by atoms with Gasteiger partial charge in [-0.05, 0) is 17.7 Å². The van der Waals surface area contributed by atoms with E-state index in [2.05, 4.69) is 20.8 Å². The fourth-order valence-electron chi connectivity index (χ4n) is 2.66. The number of nitrogens with zero attached hydrogens (tertiary/aromatic N) is 2. The lowest BCUT2D eigenvalue weighted by Gasteiger charge is -2.05. The van der Waals surface area contributed by atoms with Gasteiger partial charge in [-0.1, -0.05) is 65.4 Å². The van der Waals surface area contributed by atoms with Crippen LogP contribution in [0.4, 0.5) is 5.13 Å². The highest BCUT2D eigenvalue weighted by molar-refractivity contribution is 7.91. The van der Waals surface area contributed by atoms with Crippen molar-refractivity contribution in [3.05, 3.63) is 75.8 Å². The molecule has 2 amide bonds. The number of hydrogen-bond donors (Lipinski definition) is 2. The van der Waals surface area contributed by atoms with E-state index < -0.39 is 21.5 Å². The van der Waals surface area contributed by atoms with Crippen LogP contribution in [0.25, 0.3) is 0 Å². The molecule has 2 aromatic carbocycles. The number of aromatic nitrogens is 2. The smallest absolute Gasteiger partial charge is 0.252 e. The molecule has 0 bridgehead atoms. The summed E-state index contributed by atoms with van der Waals surface area (Å²) >= 11 is 7.11. The summed E-state index contributed by atoms with van der Waals surface area (Å²) in [6.07, 6.45) is 0.399. The molecule has 162 valence electrons. The number of carbonyl (C=O) groups excluding carboxylic acids is 2. The van der Waals surface area contributed by atoms with E-state index in [1.54, 1.807) is 54.6 Å². The van der Waals surface area contributed by atoms with Gasteiger partial charge in [0, 0.05) is 13.0 Å². The lowest BCUT2D eigenvalue weighted by atomic mass is 10.2. The molecule has 2 N–H and O–H groups in total. The monoisotopic (exact) mass is 478 g/mol. The van der Waals surface area contributed by atoms with Crippen LogP contribution in [-0.2, 0) is 26.8 Å². The van der Waals surface area contributed by atoms with Crippen LogP contribution in [0.1, 0.15) is 20.9 Å². The number of amides is 2. The van der Waals surface area contributed by atoms with Gasteiger partial charge in [0.1, 0.15) is 10.8 Å². The molecule has 0 saturated heterocycles. The maximum absolute atomic E-state index is 12.2. The molecular formula is C20H19ClN4O4S2. The zero-order chi connectivity index (χ0) is 22.3. The number of sulfone groups is 1. The summed E-state index contributed by atoms with van der Waals surface area (Å²) in [5.41, 5.74) is 0.999. The maximum Gasteiger partial charge on any atom is 0.252 e. The van der Waals surface area contributed by atoms with Crippen molar-refractivity contribution in [2.45, 2.75) is 12.2 Å². The Labute approximate surface area is 188 Å².